The summed E-state index contributed by atoms with van der Waals surface area (Å²) in [4.78, 5) is 11.7. The third kappa shape index (κ3) is 2.56. The van der Waals surface area contributed by atoms with E-state index in [1.807, 2.05) is 0 Å². The quantitative estimate of drug-likeness (QED) is 0.849. The van der Waals surface area contributed by atoms with E-state index in [9.17, 15) is 4.79 Å². The maximum absolute atomic E-state index is 11.7. The number of amides is 1. The fourth-order valence-corrected chi connectivity index (χ4v) is 2.69. The molecule has 1 saturated carbocycles. The maximum atomic E-state index is 11.7. The van der Waals surface area contributed by atoms with Crippen molar-refractivity contribution in [2.24, 2.45) is 0 Å². The van der Waals surface area contributed by atoms with Gasteiger partial charge in [-0.15, -0.1) is 0 Å². The van der Waals surface area contributed by atoms with E-state index >= 15 is 0 Å². The van der Waals surface area contributed by atoms with Crippen LogP contribution in [0, 0.1) is 0 Å². The van der Waals surface area contributed by atoms with E-state index in [1.54, 1.807) is 0 Å². The third-order valence-corrected chi connectivity index (χ3v) is 3.90. The van der Waals surface area contributed by atoms with E-state index in [4.69, 9.17) is 0 Å². The lowest BCUT2D eigenvalue weighted by molar-refractivity contribution is -0.124. The molecule has 18 heavy (non-hydrogen) atoms. The van der Waals surface area contributed by atoms with Crippen LogP contribution in [0.2, 0.25) is 0 Å². The molecular weight excluding hydrogens is 224 g/mol. The number of rotatable bonds is 4. The Hall–Kier alpha value is -1.35. The zero-order chi connectivity index (χ0) is 12.4. The second-order valence-corrected chi connectivity index (χ2v) is 5.34. The maximum Gasteiger partial charge on any atom is 0.237 e. The average molecular weight is 244 g/mol. The second kappa shape index (κ2) is 5.11. The molecule has 0 aromatic heterocycles. The normalized spacial score (nSPS) is 23.8. The Kier molecular flexibility index (Phi) is 3.33. The lowest BCUT2D eigenvalue weighted by Gasteiger charge is -2.23. The van der Waals surface area contributed by atoms with Crippen molar-refractivity contribution in [3.63, 3.8) is 0 Å². The molecule has 1 aliphatic heterocycles. The highest BCUT2D eigenvalue weighted by Gasteiger charge is 2.26. The van der Waals surface area contributed by atoms with Gasteiger partial charge in [0.05, 0.1) is 6.04 Å². The first kappa shape index (κ1) is 11.7. The second-order valence-electron chi connectivity index (χ2n) is 5.34. The summed E-state index contributed by atoms with van der Waals surface area (Å²) < 4.78 is 0. The van der Waals surface area contributed by atoms with Crippen molar-refractivity contribution in [2.75, 3.05) is 6.54 Å². The molecule has 1 aromatic rings. The van der Waals surface area contributed by atoms with Crippen molar-refractivity contribution in [1.29, 1.82) is 0 Å². The summed E-state index contributed by atoms with van der Waals surface area (Å²) in [6.07, 6.45) is 4.67. The van der Waals surface area contributed by atoms with Gasteiger partial charge >= 0.3 is 0 Å². The van der Waals surface area contributed by atoms with Crippen LogP contribution in [0.4, 0.5) is 0 Å². The van der Waals surface area contributed by atoms with Gasteiger partial charge < -0.3 is 10.6 Å². The molecular formula is C15H20N2O. The molecule has 0 radical (unpaired) electrons. The summed E-state index contributed by atoms with van der Waals surface area (Å²) in [5.74, 6) is 0.924. The minimum atomic E-state index is -0.00832. The van der Waals surface area contributed by atoms with E-state index in [1.165, 1.54) is 24.0 Å². The van der Waals surface area contributed by atoms with Gasteiger partial charge in [0.25, 0.3) is 0 Å². The highest BCUT2D eigenvalue weighted by Crippen LogP contribution is 2.41. The van der Waals surface area contributed by atoms with Crippen LogP contribution in [0.15, 0.2) is 24.3 Å². The molecule has 3 nitrogen and oxygen atoms in total. The summed E-state index contributed by atoms with van der Waals surface area (Å²) in [6.45, 7) is 1.64. The number of hydrogen-bond donors (Lipinski definition) is 2. The highest BCUT2D eigenvalue weighted by atomic mass is 16.2. The summed E-state index contributed by atoms with van der Waals surface area (Å²) in [5.41, 5.74) is 2.83. The van der Waals surface area contributed by atoms with Gasteiger partial charge in [-0.3, -0.25) is 4.79 Å². The zero-order valence-corrected chi connectivity index (χ0v) is 10.6. The molecule has 0 spiro atoms. The van der Waals surface area contributed by atoms with E-state index < -0.39 is 0 Å². The smallest absolute Gasteiger partial charge is 0.237 e. The molecule has 2 aliphatic rings. The number of carbonyl (C=O) groups excluding carboxylic acids is 1. The topological polar surface area (TPSA) is 41.1 Å². The van der Waals surface area contributed by atoms with Crippen molar-refractivity contribution < 1.29 is 4.79 Å². The number of hydrogen-bond acceptors (Lipinski definition) is 2. The molecule has 2 N–H and O–H groups in total. The van der Waals surface area contributed by atoms with Gasteiger partial charge in [0.1, 0.15) is 0 Å². The van der Waals surface area contributed by atoms with E-state index in [0.29, 0.717) is 0 Å². The Morgan fingerprint density at radius 3 is 2.83 bits per heavy atom. The number of carbonyl (C=O) groups is 1. The van der Waals surface area contributed by atoms with E-state index in [-0.39, 0.29) is 11.9 Å². The molecule has 3 heteroatoms. The lowest BCUT2D eigenvalue weighted by Crippen LogP contribution is -2.47. The van der Waals surface area contributed by atoms with Crippen LogP contribution in [0.25, 0.3) is 0 Å². The minimum Gasteiger partial charge on any atom is -0.355 e. The molecule has 96 valence electrons. The molecule has 1 amide bonds. The summed E-state index contributed by atoms with van der Waals surface area (Å²) in [5, 5.41) is 6.32. The summed E-state index contributed by atoms with van der Waals surface area (Å²) >= 11 is 0. The van der Waals surface area contributed by atoms with Gasteiger partial charge in [0.15, 0.2) is 0 Å². The van der Waals surface area contributed by atoms with Crippen molar-refractivity contribution in [1.82, 2.24) is 10.6 Å². The number of nitrogens with one attached hydrogen (secondary N) is 2. The zero-order valence-electron chi connectivity index (χ0n) is 10.6. The Bertz CT molecular complexity index is 440. The Morgan fingerprint density at radius 2 is 2.06 bits per heavy atom. The fraction of sp³-hybridized carbons (Fsp3) is 0.533. The predicted octanol–water partition coefficient (Wildman–Crippen LogP) is 1.93. The van der Waals surface area contributed by atoms with Crippen LogP contribution in [0.5, 0.6) is 0 Å². The molecule has 1 heterocycles. The van der Waals surface area contributed by atoms with Gasteiger partial charge in [0.2, 0.25) is 5.91 Å². The van der Waals surface area contributed by atoms with Gasteiger partial charge in [-0.05, 0) is 42.7 Å². The van der Waals surface area contributed by atoms with Crippen LogP contribution in [0.3, 0.4) is 0 Å². The molecule has 1 atom stereocenters. The molecule has 3 rings (SSSR count). The van der Waals surface area contributed by atoms with Gasteiger partial charge in [-0.1, -0.05) is 24.3 Å². The predicted molar refractivity (Wildman–Crippen MR) is 71.3 cm³/mol. The van der Waals surface area contributed by atoms with Gasteiger partial charge in [-0.25, -0.2) is 0 Å². The van der Waals surface area contributed by atoms with Crippen molar-refractivity contribution in [2.45, 2.75) is 44.2 Å². The summed E-state index contributed by atoms with van der Waals surface area (Å²) in [7, 11) is 0. The Balaban J connectivity index is 1.64. The van der Waals surface area contributed by atoms with Crippen LogP contribution >= 0.6 is 0 Å². The molecule has 2 fully saturated rings. The number of benzene rings is 1. The Labute approximate surface area is 108 Å². The van der Waals surface area contributed by atoms with E-state index in [0.717, 1.165) is 31.8 Å². The lowest BCUT2D eigenvalue weighted by atomic mass is 10.0. The van der Waals surface area contributed by atoms with Crippen LogP contribution in [0.1, 0.15) is 42.7 Å². The SMILES string of the molecule is O=C1NCCCC1NCc1ccccc1C1CC1. The molecule has 1 aromatic carbocycles. The molecule has 1 saturated heterocycles. The van der Waals surface area contributed by atoms with E-state index in [2.05, 4.69) is 34.9 Å². The number of piperidine rings is 1. The van der Waals surface area contributed by atoms with Crippen LogP contribution in [-0.4, -0.2) is 18.5 Å². The monoisotopic (exact) mass is 244 g/mol. The largest absolute Gasteiger partial charge is 0.355 e. The van der Waals surface area contributed by atoms with Crippen molar-refractivity contribution in [3.8, 4) is 0 Å². The van der Waals surface area contributed by atoms with Crippen LogP contribution < -0.4 is 10.6 Å². The fourth-order valence-electron chi connectivity index (χ4n) is 2.69. The highest BCUT2D eigenvalue weighted by molar-refractivity contribution is 5.82. The van der Waals surface area contributed by atoms with Crippen LogP contribution in [-0.2, 0) is 11.3 Å². The first-order valence-corrected chi connectivity index (χ1v) is 6.93. The average Bonchev–Trinajstić information content (AvgIpc) is 3.23. The van der Waals surface area contributed by atoms with Crippen molar-refractivity contribution >= 4 is 5.91 Å². The van der Waals surface area contributed by atoms with Gasteiger partial charge in [-0.2, -0.15) is 0 Å². The first-order chi connectivity index (χ1) is 8.84. The first-order valence-electron chi connectivity index (χ1n) is 6.93. The molecule has 1 aliphatic carbocycles. The Morgan fingerprint density at radius 1 is 1.22 bits per heavy atom. The van der Waals surface area contributed by atoms with Gasteiger partial charge in [0, 0.05) is 13.1 Å². The summed E-state index contributed by atoms with van der Waals surface area (Å²) in [6, 6.07) is 8.61. The standard InChI is InChI=1S/C15H20N2O/c18-15-14(6-3-9-16-15)17-10-12-4-1-2-5-13(12)11-7-8-11/h1-2,4-5,11,14,17H,3,6-10H2,(H,16,18). The molecule has 1 unspecified atom stereocenters. The molecule has 0 bridgehead atoms. The minimum absolute atomic E-state index is 0.00832. The van der Waals surface area contributed by atoms with Crippen molar-refractivity contribution in [3.05, 3.63) is 35.4 Å². The third-order valence-electron chi connectivity index (χ3n) is 3.90.